The molecule has 2 aliphatic heterocycles. The SMILES string of the molecule is O=S(=O)(N1CCOCC1)N1CCOC(CCc2ccncn2)C1. The van der Waals surface area contributed by atoms with Gasteiger partial charge in [0.1, 0.15) is 6.33 Å². The summed E-state index contributed by atoms with van der Waals surface area (Å²) in [6.45, 7) is 2.99. The fraction of sp³-hybridized carbons (Fsp3) is 0.714. The first-order chi connectivity index (χ1) is 11.2. The van der Waals surface area contributed by atoms with Crippen molar-refractivity contribution in [2.24, 2.45) is 0 Å². The van der Waals surface area contributed by atoms with Crippen LogP contribution in [0.5, 0.6) is 0 Å². The van der Waals surface area contributed by atoms with Crippen molar-refractivity contribution in [3.63, 3.8) is 0 Å². The third-order valence-electron chi connectivity index (χ3n) is 4.09. The molecule has 0 radical (unpaired) electrons. The van der Waals surface area contributed by atoms with Gasteiger partial charge in [-0.3, -0.25) is 0 Å². The maximum Gasteiger partial charge on any atom is 0.282 e. The van der Waals surface area contributed by atoms with Crippen LogP contribution < -0.4 is 0 Å². The van der Waals surface area contributed by atoms with E-state index in [1.165, 1.54) is 14.9 Å². The van der Waals surface area contributed by atoms with Crippen LogP contribution in [0.25, 0.3) is 0 Å². The Morgan fingerprint density at radius 3 is 2.70 bits per heavy atom. The van der Waals surface area contributed by atoms with Gasteiger partial charge in [0, 0.05) is 38.1 Å². The molecule has 2 aliphatic rings. The van der Waals surface area contributed by atoms with Crippen molar-refractivity contribution in [3.05, 3.63) is 24.3 Å². The minimum Gasteiger partial charge on any atom is -0.379 e. The third kappa shape index (κ3) is 4.24. The maximum absolute atomic E-state index is 12.7. The van der Waals surface area contributed by atoms with Gasteiger partial charge in [-0.1, -0.05) is 0 Å². The van der Waals surface area contributed by atoms with Gasteiger partial charge in [-0.15, -0.1) is 0 Å². The number of nitrogens with zero attached hydrogens (tertiary/aromatic N) is 4. The number of hydrogen-bond acceptors (Lipinski definition) is 6. The minimum atomic E-state index is -3.42. The van der Waals surface area contributed by atoms with Crippen LogP contribution in [0.1, 0.15) is 12.1 Å². The number of aryl methyl sites for hydroxylation is 1. The Hall–Kier alpha value is -1.13. The average molecular weight is 342 g/mol. The molecule has 3 rings (SSSR count). The van der Waals surface area contributed by atoms with Crippen molar-refractivity contribution >= 4 is 10.2 Å². The Labute approximate surface area is 136 Å². The van der Waals surface area contributed by atoms with Gasteiger partial charge in [0.15, 0.2) is 0 Å². The third-order valence-corrected chi connectivity index (χ3v) is 6.09. The van der Waals surface area contributed by atoms with Crippen LogP contribution in [-0.4, -0.2) is 79.1 Å². The molecule has 1 unspecified atom stereocenters. The Morgan fingerprint density at radius 2 is 1.96 bits per heavy atom. The summed E-state index contributed by atoms with van der Waals surface area (Å²) in [4.78, 5) is 8.07. The zero-order chi connectivity index (χ0) is 16.1. The molecular formula is C14H22N4O4S. The summed E-state index contributed by atoms with van der Waals surface area (Å²) < 4.78 is 39.3. The standard InChI is InChI=1S/C14H22N4O4S/c19-23(20,17-5-8-21-9-6-17)18-7-10-22-14(11-18)2-1-13-3-4-15-12-16-13/h3-4,12,14H,1-2,5-11H2. The highest BCUT2D eigenvalue weighted by molar-refractivity contribution is 7.86. The Bertz CT molecular complexity index is 592. The normalized spacial score (nSPS) is 24.6. The molecule has 0 N–H and O–H groups in total. The van der Waals surface area contributed by atoms with E-state index >= 15 is 0 Å². The summed E-state index contributed by atoms with van der Waals surface area (Å²) in [5.41, 5.74) is 0.941. The lowest BCUT2D eigenvalue weighted by molar-refractivity contribution is -0.00878. The van der Waals surface area contributed by atoms with Gasteiger partial charge in [-0.25, -0.2) is 9.97 Å². The smallest absolute Gasteiger partial charge is 0.282 e. The quantitative estimate of drug-likeness (QED) is 0.730. The lowest BCUT2D eigenvalue weighted by atomic mass is 10.1. The van der Waals surface area contributed by atoms with E-state index in [9.17, 15) is 8.42 Å². The monoisotopic (exact) mass is 342 g/mol. The molecule has 0 saturated carbocycles. The van der Waals surface area contributed by atoms with E-state index in [-0.39, 0.29) is 6.10 Å². The molecule has 0 amide bonds. The molecule has 23 heavy (non-hydrogen) atoms. The summed E-state index contributed by atoms with van der Waals surface area (Å²) in [6, 6.07) is 1.87. The average Bonchev–Trinajstić information content (AvgIpc) is 2.62. The lowest BCUT2D eigenvalue weighted by Crippen LogP contribution is -2.53. The molecule has 0 bridgehead atoms. The van der Waals surface area contributed by atoms with E-state index in [1.807, 2.05) is 6.07 Å². The summed E-state index contributed by atoms with van der Waals surface area (Å²) in [7, 11) is -3.42. The van der Waals surface area contributed by atoms with Crippen LogP contribution in [0, 0.1) is 0 Å². The predicted molar refractivity (Wildman–Crippen MR) is 83.0 cm³/mol. The van der Waals surface area contributed by atoms with Crippen LogP contribution in [0.15, 0.2) is 18.6 Å². The van der Waals surface area contributed by atoms with Crippen LogP contribution >= 0.6 is 0 Å². The highest BCUT2D eigenvalue weighted by Crippen LogP contribution is 2.18. The summed E-state index contributed by atoms with van der Waals surface area (Å²) in [5, 5.41) is 0. The van der Waals surface area contributed by atoms with E-state index < -0.39 is 10.2 Å². The molecule has 1 atom stereocenters. The van der Waals surface area contributed by atoms with E-state index in [1.54, 1.807) is 6.20 Å². The zero-order valence-corrected chi connectivity index (χ0v) is 13.8. The molecule has 3 heterocycles. The van der Waals surface area contributed by atoms with Crippen molar-refractivity contribution in [2.75, 3.05) is 46.0 Å². The second-order valence-electron chi connectivity index (χ2n) is 5.61. The second-order valence-corrected chi connectivity index (χ2v) is 7.54. The molecule has 128 valence electrons. The number of rotatable bonds is 5. The Kier molecular flexibility index (Phi) is 5.54. The first-order valence-corrected chi connectivity index (χ1v) is 9.25. The van der Waals surface area contributed by atoms with E-state index in [0.717, 1.165) is 18.5 Å². The summed E-state index contributed by atoms with van der Waals surface area (Å²) in [6.07, 6.45) is 4.62. The van der Waals surface area contributed by atoms with Crippen molar-refractivity contribution < 1.29 is 17.9 Å². The molecule has 0 aromatic carbocycles. The fourth-order valence-electron chi connectivity index (χ4n) is 2.79. The van der Waals surface area contributed by atoms with E-state index in [2.05, 4.69) is 9.97 Å². The molecular weight excluding hydrogens is 320 g/mol. The zero-order valence-electron chi connectivity index (χ0n) is 13.0. The number of aromatic nitrogens is 2. The van der Waals surface area contributed by atoms with Gasteiger partial charge in [0.05, 0.1) is 25.9 Å². The number of hydrogen-bond donors (Lipinski definition) is 0. The summed E-state index contributed by atoms with van der Waals surface area (Å²) >= 11 is 0. The van der Waals surface area contributed by atoms with Crippen LogP contribution in [0.3, 0.4) is 0 Å². The largest absolute Gasteiger partial charge is 0.379 e. The van der Waals surface area contributed by atoms with Gasteiger partial charge in [0.2, 0.25) is 0 Å². The topological polar surface area (TPSA) is 84.9 Å². The predicted octanol–water partition coefficient (Wildman–Crippen LogP) is -0.313. The van der Waals surface area contributed by atoms with Gasteiger partial charge in [0.25, 0.3) is 10.2 Å². The molecule has 9 heteroatoms. The van der Waals surface area contributed by atoms with Gasteiger partial charge >= 0.3 is 0 Å². The van der Waals surface area contributed by atoms with Gasteiger partial charge in [-0.05, 0) is 18.9 Å². The molecule has 1 aromatic rings. The first-order valence-electron chi connectivity index (χ1n) is 7.86. The van der Waals surface area contributed by atoms with Crippen molar-refractivity contribution in [1.82, 2.24) is 18.6 Å². The minimum absolute atomic E-state index is 0.102. The van der Waals surface area contributed by atoms with Crippen molar-refractivity contribution in [1.29, 1.82) is 0 Å². The Balaban J connectivity index is 1.57. The van der Waals surface area contributed by atoms with Gasteiger partial charge < -0.3 is 9.47 Å². The van der Waals surface area contributed by atoms with Crippen molar-refractivity contribution in [2.45, 2.75) is 18.9 Å². The first kappa shape index (κ1) is 16.7. The molecule has 8 nitrogen and oxygen atoms in total. The fourth-order valence-corrected chi connectivity index (χ4v) is 4.39. The van der Waals surface area contributed by atoms with Crippen LogP contribution in [0.2, 0.25) is 0 Å². The van der Waals surface area contributed by atoms with Crippen LogP contribution in [-0.2, 0) is 26.1 Å². The second kappa shape index (κ2) is 7.63. The van der Waals surface area contributed by atoms with Crippen molar-refractivity contribution in [3.8, 4) is 0 Å². The van der Waals surface area contributed by atoms with E-state index in [0.29, 0.717) is 46.0 Å². The Morgan fingerprint density at radius 1 is 1.17 bits per heavy atom. The number of morpholine rings is 2. The maximum atomic E-state index is 12.7. The summed E-state index contributed by atoms with van der Waals surface area (Å²) in [5.74, 6) is 0. The van der Waals surface area contributed by atoms with E-state index in [4.69, 9.17) is 9.47 Å². The molecule has 0 spiro atoms. The molecule has 2 saturated heterocycles. The van der Waals surface area contributed by atoms with Crippen LogP contribution in [0.4, 0.5) is 0 Å². The molecule has 2 fully saturated rings. The highest BCUT2D eigenvalue weighted by atomic mass is 32.2. The highest BCUT2D eigenvalue weighted by Gasteiger charge is 2.34. The van der Waals surface area contributed by atoms with Gasteiger partial charge in [-0.2, -0.15) is 17.0 Å². The lowest BCUT2D eigenvalue weighted by Gasteiger charge is -2.36. The number of ether oxygens (including phenoxy) is 2. The molecule has 0 aliphatic carbocycles. The molecule has 1 aromatic heterocycles.